The lowest BCUT2D eigenvalue weighted by Crippen LogP contribution is -2.24. The average molecular weight is 453 g/mol. The van der Waals surface area contributed by atoms with Crippen molar-refractivity contribution in [2.75, 3.05) is 5.75 Å². The Labute approximate surface area is 186 Å². The van der Waals surface area contributed by atoms with Crippen molar-refractivity contribution >= 4 is 45.9 Å². The number of halogens is 1. The molecule has 2 heterocycles. The van der Waals surface area contributed by atoms with Gasteiger partial charge in [0.2, 0.25) is 0 Å². The second kappa shape index (κ2) is 9.20. The zero-order valence-corrected chi connectivity index (χ0v) is 18.0. The highest BCUT2D eigenvalue weighted by atomic mass is 35.5. The normalized spacial score (nSPS) is 11.6. The van der Waals surface area contributed by atoms with Crippen molar-refractivity contribution in [2.24, 2.45) is 5.10 Å². The minimum atomic E-state index is -0.332. The maximum atomic E-state index is 13.2. The van der Waals surface area contributed by atoms with Crippen LogP contribution in [0, 0.1) is 0 Å². The molecule has 2 aromatic carbocycles. The van der Waals surface area contributed by atoms with Gasteiger partial charge in [-0.25, -0.2) is 10.4 Å². The Hall–Kier alpha value is -3.36. The van der Waals surface area contributed by atoms with E-state index in [4.69, 9.17) is 16.0 Å². The van der Waals surface area contributed by atoms with Gasteiger partial charge in [-0.15, -0.1) is 0 Å². The fourth-order valence-electron chi connectivity index (χ4n) is 2.88. The first kappa shape index (κ1) is 20.9. The second-order valence-electron chi connectivity index (χ2n) is 6.53. The van der Waals surface area contributed by atoms with Crippen LogP contribution in [-0.2, 0) is 4.79 Å². The molecule has 7 nitrogen and oxygen atoms in total. The molecule has 31 heavy (non-hydrogen) atoms. The Bertz CT molecular complexity index is 1320. The zero-order valence-electron chi connectivity index (χ0n) is 16.4. The number of furan rings is 1. The van der Waals surface area contributed by atoms with Crippen LogP contribution in [0.3, 0.4) is 0 Å². The summed E-state index contributed by atoms with van der Waals surface area (Å²) in [6.07, 6.45) is 1.54. The van der Waals surface area contributed by atoms with Crippen molar-refractivity contribution < 1.29 is 9.21 Å². The fraction of sp³-hybridized carbons (Fsp3) is 0.0909. The van der Waals surface area contributed by atoms with Crippen LogP contribution in [0.1, 0.15) is 12.7 Å². The molecule has 0 atom stereocenters. The summed E-state index contributed by atoms with van der Waals surface area (Å²) in [5, 5.41) is 5.49. The van der Waals surface area contributed by atoms with Crippen LogP contribution in [0.15, 0.2) is 86.4 Å². The van der Waals surface area contributed by atoms with E-state index in [9.17, 15) is 9.59 Å². The van der Waals surface area contributed by atoms with Crippen LogP contribution in [0.5, 0.6) is 0 Å². The minimum Gasteiger partial charge on any atom is -0.463 e. The molecule has 0 unspecified atom stereocenters. The van der Waals surface area contributed by atoms with Gasteiger partial charge in [0.05, 0.1) is 28.6 Å². The van der Waals surface area contributed by atoms with Crippen LogP contribution >= 0.6 is 23.4 Å². The van der Waals surface area contributed by atoms with Gasteiger partial charge in [-0.05, 0) is 55.5 Å². The highest BCUT2D eigenvalue weighted by molar-refractivity contribution is 7.99. The standard InChI is InChI=1S/C22H17ClN4O3S/c1-14(19-7-4-12-30-19)25-26-20(28)13-31-22-24-18-6-3-2-5-17(18)21(29)27(22)16-10-8-15(23)9-11-16/h2-12H,13H2,1H3,(H,26,28). The number of carbonyl (C=O) groups excluding carboxylic acids is 1. The van der Waals surface area contributed by atoms with E-state index in [1.165, 1.54) is 10.8 Å². The first-order chi connectivity index (χ1) is 15.0. The summed E-state index contributed by atoms with van der Waals surface area (Å²) in [5.74, 6) is 0.259. The molecular formula is C22H17ClN4O3S. The molecule has 0 fully saturated rings. The molecule has 4 rings (SSSR count). The lowest BCUT2D eigenvalue weighted by molar-refractivity contribution is -0.118. The molecule has 1 N–H and O–H groups in total. The Morgan fingerprint density at radius 3 is 2.68 bits per heavy atom. The Morgan fingerprint density at radius 1 is 1.16 bits per heavy atom. The van der Waals surface area contributed by atoms with E-state index < -0.39 is 0 Å². The second-order valence-corrected chi connectivity index (χ2v) is 7.91. The van der Waals surface area contributed by atoms with Gasteiger partial charge in [-0.3, -0.25) is 14.2 Å². The van der Waals surface area contributed by atoms with Crippen molar-refractivity contribution in [3.63, 3.8) is 0 Å². The third kappa shape index (κ3) is 4.70. The molecule has 4 aromatic rings. The van der Waals surface area contributed by atoms with E-state index in [-0.39, 0.29) is 17.2 Å². The summed E-state index contributed by atoms with van der Waals surface area (Å²) in [4.78, 5) is 30.1. The van der Waals surface area contributed by atoms with Gasteiger partial charge >= 0.3 is 0 Å². The van der Waals surface area contributed by atoms with E-state index in [1.54, 1.807) is 61.5 Å². The van der Waals surface area contributed by atoms with Crippen molar-refractivity contribution in [3.05, 3.63) is 88.1 Å². The molecule has 0 saturated heterocycles. The Morgan fingerprint density at radius 2 is 1.94 bits per heavy atom. The van der Waals surface area contributed by atoms with Gasteiger partial charge in [0.15, 0.2) is 5.16 Å². The highest BCUT2D eigenvalue weighted by Gasteiger charge is 2.15. The van der Waals surface area contributed by atoms with E-state index in [0.29, 0.717) is 38.2 Å². The topological polar surface area (TPSA) is 89.5 Å². The molecule has 2 aromatic heterocycles. The molecule has 0 saturated carbocycles. The number of amides is 1. The van der Waals surface area contributed by atoms with Gasteiger partial charge in [0, 0.05) is 5.02 Å². The molecule has 0 spiro atoms. The van der Waals surface area contributed by atoms with Crippen LogP contribution < -0.4 is 11.0 Å². The number of thioether (sulfide) groups is 1. The SMILES string of the molecule is CC(=NNC(=O)CSc1nc2ccccc2c(=O)n1-c1ccc(Cl)cc1)c1ccco1. The third-order valence-corrected chi connectivity index (χ3v) is 5.58. The molecule has 1 amide bonds. The maximum Gasteiger partial charge on any atom is 0.266 e. The van der Waals surface area contributed by atoms with Gasteiger partial charge in [0.25, 0.3) is 11.5 Å². The van der Waals surface area contributed by atoms with Crippen molar-refractivity contribution in [2.45, 2.75) is 12.1 Å². The number of nitrogens with zero attached hydrogens (tertiary/aromatic N) is 3. The van der Waals surface area contributed by atoms with Crippen LogP contribution in [0.25, 0.3) is 16.6 Å². The van der Waals surface area contributed by atoms with Crippen molar-refractivity contribution in [3.8, 4) is 5.69 Å². The van der Waals surface area contributed by atoms with Crippen molar-refractivity contribution in [1.82, 2.24) is 15.0 Å². The number of rotatable bonds is 6. The maximum absolute atomic E-state index is 13.2. The number of carbonyl (C=O) groups is 1. The Balaban J connectivity index is 1.61. The molecule has 0 bridgehead atoms. The number of hydrogen-bond acceptors (Lipinski definition) is 6. The molecule has 0 radical (unpaired) electrons. The lowest BCUT2D eigenvalue weighted by Gasteiger charge is -2.13. The molecule has 156 valence electrons. The molecular weight excluding hydrogens is 436 g/mol. The van der Waals surface area contributed by atoms with Gasteiger partial charge in [-0.2, -0.15) is 5.10 Å². The summed E-state index contributed by atoms with van der Waals surface area (Å²) in [6, 6.07) is 17.5. The number of aromatic nitrogens is 2. The number of fused-ring (bicyclic) bond motifs is 1. The summed E-state index contributed by atoms with van der Waals surface area (Å²) in [6.45, 7) is 1.73. The van der Waals surface area contributed by atoms with E-state index in [0.717, 1.165) is 11.8 Å². The molecule has 0 aliphatic carbocycles. The number of nitrogens with one attached hydrogen (secondary N) is 1. The number of hydrazone groups is 1. The van der Waals surface area contributed by atoms with Crippen LogP contribution in [-0.4, -0.2) is 26.9 Å². The fourth-order valence-corrected chi connectivity index (χ4v) is 3.81. The van der Waals surface area contributed by atoms with E-state index >= 15 is 0 Å². The highest BCUT2D eigenvalue weighted by Crippen LogP contribution is 2.22. The molecule has 0 aliphatic heterocycles. The summed E-state index contributed by atoms with van der Waals surface area (Å²) in [5.41, 5.74) is 4.00. The van der Waals surface area contributed by atoms with E-state index in [2.05, 4.69) is 15.5 Å². The summed E-state index contributed by atoms with van der Waals surface area (Å²) >= 11 is 7.14. The monoisotopic (exact) mass is 452 g/mol. The van der Waals surface area contributed by atoms with Gasteiger partial charge < -0.3 is 4.42 Å². The smallest absolute Gasteiger partial charge is 0.266 e. The average Bonchev–Trinajstić information content (AvgIpc) is 3.32. The third-order valence-electron chi connectivity index (χ3n) is 4.39. The lowest BCUT2D eigenvalue weighted by atomic mass is 10.2. The van der Waals surface area contributed by atoms with Crippen LogP contribution in [0.2, 0.25) is 5.02 Å². The van der Waals surface area contributed by atoms with E-state index in [1.807, 2.05) is 6.07 Å². The number of benzene rings is 2. The quantitative estimate of drug-likeness (QED) is 0.204. The van der Waals surface area contributed by atoms with Gasteiger partial charge in [-0.1, -0.05) is 35.5 Å². The Kier molecular flexibility index (Phi) is 6.20. The predicted molar refractivity (Wildman–Crippen MR) is 122 cm³/mol. The number of para-hydroxylation sites is 1. The molecule has 9 heteroatoms. The zero-order chi connectivity index (χ0) is 21.8. The minimum absolute atomic E-state index is 0.0211. The van der Waals surface area contributed by atoms with Crippen molar-refractivity contribution in [1.29, 1.82) is 0 Å². The summed E-state index contributed by atoms with van der Waals surface area (Å²) < 4.78 is 6.72. The first-order valence-electron chi connectivity index (χ1n) is 9.30. The largest absolute Gasteiger partial charge is 0.463 e. The van der Waals surface area contributed by atoms with Gasteiger partial charge in [0.1, 0.15) is 11.5 Å². The number of hydrogen-bond donors (Lipinski definition) is 1. The van der Waals surface area contributed by atoms with Crippen LogP contribution in [0.4, 0.5) is 0 Å². The first-order valence-corrected chi connectivity index (χ1v) is 10.7. The molecule has 0 aliphatic rings. The predicted octanol–water partition coefficient (Wildman–Crippen LogP) is 4.26. The summed E-state index contributed by atoms with van der Waals surface area (Å²) in [7, 11) is 0.